The minimum atomic E-state index is -1.27. The van der Waals surface area contributed by atoms with Crippen LogP contribution in [-0.2, 0) is 10.3 Å². The fourth-order valence-electron chi connectivity index (χ4n) is 2.63. The maximum absolute atomic E-state index is 13.0. The first kappa shape index (κ1) is 19.2. The van der Waals surface area contributed by atoms with E-state index in [1.807, 2.05) is 0 Å². The number of anilines is 1. The number of aromatic nitrogens is 2. The maximum atomic E-state index is 13.0. The van der Waals surface area contributed by atoms with Gasteiger partial charge in [-0.15, -0.1) is 0 Å². The van der Waals surface area contributed by atoms with Crippen LogP contribution in [0.5, 0.6) is 11.5 Å². The van der Waals surface area contributed by atoms with Crippen molar-refractivity contribution in [3.63, 3.8) is 0 Å². The molecule has 0 fully saturated rings. The van der Waals surface area contributed by atoms with Gasteiger partial charge in [-0.2, -0.15) is 5.10 Å². The number of carbonyl (C=O) groups is 1. The van der Waals surface area contributed by atoms with Gasteiger partial charge in [-0.3, -0.25) is 9.59 Å². The van der Waals surface area contributed by atoms with Gasteiger partial charge in [-0.25, -0.2) is 4.68 Å². The second-order valence-corrected chi connectivity index (χ2v) is 6.56. The van der Waals surface area contributed by atoms with Crippen molar-refractivity contribution in [2.24, 2.45) is 0 Å². The number of rotatable bonds is 6. The summed E-state index contributed by atoms with van der Waals surface area (Å²) in [5, 5.41) is 7.11. The van der Waals surface area contributed by atoms with Crippen LogP contribution in [-0.4, -0.2) is 29.9 Å². The molecule has 146 valence electrons. The Morgan fingerprint density at radius 2 is 1.79 bits per heavy atom. The zero-order valence-corrected chi connectivity index (χ0v) is 16.1. The summed E-state index contributed by atoms with van der Waals surface area (Å²) >= 11 is 0. The van der Waals surface area contributed by atoms with Crippen molar-refractivity contribution in [1.82, 2.24) is 9.78 Å². The second kappa shape index (κ2) is 7.59. The number of ether oxygens (including phenoxy) is 2. The van der Waals surface area contributed by atoms with Crippen LogP contribution in [0.15, 0.2) is 57.9 Å². The Balaban J connectivity index is 1.93. The number of methoxy groups -OCH3 is 2. The third kappa shape index (κ3) is 3.75. The summed E-state index contributed by atoms with van der Waals surface area (Å²) in [7, 11) is 3.04. The van der Waals surface area contributed by atoms with Crippen LogP contribution in [0, 0.1) is 0 Å². The molecule has 0 unspecified atom stereocenters. The summed E-state index contributed by atoms with van der Waals surface area (Å²) in [6, 6.07) is 11.4. The highest BCUT2D eigenvalue weighted by Gasteiger charge is 2.32. The van der Waals surface area contributed by atoms with Crippen LogP contribution in [0.25, 0.3) is 11.5 Å². The number of carbonyl (C=O) groups excluding carboxylic acids is 1. The van der Waals surface area contributed by atoms with Gasteiger partial charge in [0.2, 0.25) is 0 Å². The van der Waals surface area contributed by atoms with Crippen molar-refractivity contribution in [2.45, 2.75) is 19.4 Å². The molecule has 0 aliphatic heterocycles. The number of furan rings is 1. The fourth-order valence-corrected chi connectivity index (χ4v) is 2.63. The molecule has 28 heavy (non-hydrogen) atoms. The number of hydrogen-bond acceptors (Lipinski definition) is 6. The van der Waals surface area contributed by atoms with E-state index >= 15 is 0 Å². The molecule has 8 nitrogen and oxygen atoms in total. The summed E-state index contributed by atoms with van der Waals surface area (Å²) in [5.74, 6) is 1.14. The largest absolute Gasteiger partial charge is 0.497 e. The lowest BCUT2D eigenvalue weighted by Crippen LogP contribution is -2.47. The molecule has 8 heteroatoms. The van der Waals surface area contributed by atoms with Gasteiger partial charge < -0.3 is 19.2 Å². The lowest BCUT2D eigenvalue weighted by Gasteiger charge is -2.25. The Kier molecular flexibility index (Phi) is 5.21. The van der Waals surface area contributed by atoms with Crippen molar-refractivity contribution >= 4 is 11.6 Å². The summed E-state index contributed by atoms with van der Waals surface area (Å²) in [4.78, 5) is 25.4. The van der Waals surface area contributed by atoms with Gasteiger partial charge in [0.25, 0.3) is 11.5 Å². The molecule has 1 aromatic carbocycles. The van der Waals surface area contributed by atoms with Crippen molar-refractivity contribution in [3.8, 4) is 23.0 Å². The Hall–Kier alpha value is -3.55. The van der Waals surface area contributed by atoms with Crippen LogP contribution in [0.1, 0.15) is 13.8 Å². The standard InChI is InChI=1S/C20H21N3O5/c1-20(2,19(25)21-13-10-14(26-3)12-15(11-13)27-4)23-18(24)8-7-16(22-23)17-6-5-9-28-17/h5-12H,1-4H3,(H,21,25). The zero-order chi connectivity index (χ0) is 20.3. The highest BCUT2D eigenvalue weighted by Crippen LogP contribution is 2.27. The van der Waals surface area contributed by atoms with E-state index < -0.39 is 17.0 Å². The van der Waals surface area contributed by atoms with Gasteiger partial charge in [0.15, 0.2) is 5.76 Å². The van der Waals surface area contributed by atoms with E-state index in [9.17, 15) is 9.59 Å². The highest BCUT2D eigenvalue weighted by atomic mass is 16.5. The Bertz CT molecular complexity index is 1020. The third-order valence-electron chi connectivity index (χ3n) is 4.27. The molecule has 3 rings (SSSR count). The number of benzene rings is 1. The van der Waals surface area contributed by atoms with E-state index in [1.54, 1.807) is 50.2 Å². The predicted octanol–water partition coefficient (Wildman–Crippen LogP) is 2.89. The first-order valence-corrected chi connectivity index (χ1v) is 8.54. The summed E-state index contributed by atoms with van der Waals surface area (Å²) in [6.45, 7) is 3.22. The van der Waals surface area contributed by atoms with Gasteiger partial charge in [0, 0.05) is 30.0 Å². The average molecular weight is 383 g/mol. The van der Waals surface area contributed by atoms with E-state index in [0.717, 1.165) is 4.68 Å². The van der Waals surface area contributed by atoms with Gasteiger partial charge in [0.05, 0.1) is 20.5 Å². The molecule has 3 aromatic rings. The Morgan fingerprint density at radius 1 is 1.11 bits per heavy atom. The van der Waals surface area contributed by atoms with Crippen LogP contribution in [0.3, 0.4) is 0 Å². The molecule has 0 aliphatic rings. The molecule has 0 bridgehead atoms. The van der Waals surface area contributed by atoms with Crippen molar-refractivity contribution in [1.29, 1.82) is 0 Å². The maximum Gasteiger partial charge on any atom is 0.267 e. The molecular formula is C20H21N3O5. The van der Waals surface area contributed by atoms with E-state index in [0.29, 0.717) is 28.6 Å². The number of nitrogens with zero attached hydrogens (tertiary/aromatic N) is 2. The van der Waals surface area contributed by atoms with Crippen LogP contribution in [0.2, 0.25) is 0 Å². The lowest BCUT2D eigenvalue weighted by atomic mass is 10.0. The van der Waals surface area contributed by atoms with Crippen molar-refractivity contribution in [3.05, 3.63) is 59.1 Å². The average Bonchev–Trinajstić information content (AvgIpc) is 3.22. The topological polar surface area (TPSA) is 95.6 Å². The molecule has 1 N–H and O–H groups in total. The van der Waals surface area contributed by atoms with Crippen LogP contribution in [0.4, 0.5) is 5.69 Å². The molecule has 0 saturated carbocycles. The van der Waals surface area contributed by atoms with E-state index in [4.69, 9.17) is 13.9 Å². The minimum Gasteiger partial charge on any atom is -0.497 e. The molecule has 2 heterocycles. The van der Waals surface area contributed by atoms with Gasteiger partial charge in [0.1, 0.15) is 22.7 Å². The molecule has 2 aromatic heterocycles. The molecule has 0 saturated heterocycles. The monoisotopic (exact) mass is 383 g/mol. The minimum absolute atomic E-state index is 0.404. The molecular weight excluding hydrogens is 362 g/mol. The first-order valence-electron chi connectivity index (χ1n) is 8.54. The van der Waals surface area contributed by atoms with Gasteiger partial charge >= 0.3 is 0 Å². The van der Waals surface area contributed by atoms with E-state index in [1.165, 1.54) is 26.5 Å². The first-order chi connectivity index (χ1) is 13.3. The Labute approximate surface area is 161 Å². The van der Waals surface area contributed by atoms with Crippen molar-refractivity contribution in [2.75, 3.05) is 19.5 Å². The predicted molar refractivity (Wildman–Crippen MR) is 104 cm³/mol. The van der Waals surface area contributed by atoms with Gasteiger partial charge in [-0.05, 0) is 32.0 Å². The van der Waals surface area contributed by atoms with Crippen LogP contribution >= 0.6 is 0 Å². The summed E-state index contributed by atoms with van der Waals surface area (Å²) in [6.07, 6.45) is 1.51. The SMILES string of the molecule is COc1cc(NC(=O)C(C)(C)n2nc(-c3ccco3)ccc2=O)cc(OC)c1. The quantitative estimate of drug-likeness (QED) is 0.703. The number of nitrogens with one attached hydrogen (secondary N) is 1. The molecule has 0 atom stereocenters. The molecule has 0 radical (unpaired) electrons. The van der Waals surface area contributed by atoms with Gasteiger partial charge in [-0.1, -0.05) is 0 Å². The smallest absolute Gasteiger partial charge is 0.267 e. The van der Waals surface area contributed by atoms with Crippen LogP contribution < -0.4 is 20.3 Å². The molecule has 1 amide bonds. The fraction of sp³-hybridized carbons (Fsp3) is 0.250. The zero-order valence-electron chi connectivity index (χ0n) is 16.1. The highest BCUT2D eigenvalue weighted by molar-refractivity contribution is 5.96. The second-order valence-electron chi connectivity index (χ2n) is 6.56. The third-order valence-corrected chi connectivity index (χ3v) is 4.27. The number of hydrogen-bond donors (Lipinski definition) is 1. The summed E-state index contributed by atoms with van der Waals surface area (Å²) < 4.78 is 16.9. The molecule has 0 aliphatic carbocycles. The van der Waals surface area contributed by atoms with Crippen molar-refractivity contribution < 1.29 is 18.7 Å². The van der Waals surface area contributed by atoms with E-state index in [-0.39, 0.29) is 0 Å². The lowest BCUT2D eigenvalue weighted by molar-refractivity contribution is -0.123. The van der Waals surface area contributed by atoms with E-state index in [2.05, 4.69) is 10.4 Å². The Morgan fingerprint density at radius 3 is 2.36 bits per heavy atom. The normalized spacial score (nSPS) is 11.1. The molecule has 0 spiro atoms. The number of amides is 1. The summed E-state index contributed by atoms with van der Waals surface area (Å²) in [5.41, 5.74) is -0.743.